The summed E-state index contributed by atoms with van der Waals surface area (Å²) >= 11 is 0. The zero-order chi connectivity index (χ0) is 44.9. The molecular weight excluding hydrogens is 751 g/mol. The van der Waals surface area contributed by atoms with Gasteiger partial charge in [-0.25, -0.2) is 0 Å². The molecule has 326 valence electrons. The zero-order valence-corrected chi connectivity index (χ0v) is 41.0. The number of fused-ring (bicyclic) bond motifs is 2. The molecule has 0 aromatic heterocycles. The molecule has 0 amide bonds. The molecule has 0 radical (unpaired) electrons. The number of hydrogen-bond acceptors (Lipinski definition) is 1. The van der Waals surface area contributed by atoms with Gasteiger partial charge in [-0.05, 0) is 103 Å². The van der Waals surface area contributed by atoms with Gasteiger partial charge in [-0.2, -0.15) is 0 Å². The Labute approximate surface area is 376 Å². The summed E-state index contributed by atoms with van der Waals surface area (Å²) in [6.45, 7) is 39.0. The van der Waals surface area contributed by atoms with Crippen molar-refractivity contribution in [3.8, 4) is 0 Å². The highest BCUT2D eigenvalue weighted by molar-refractivity contribution is 5.93. The lowest BCUT2D eigenvalue weighted by Crippen LogP contribution is -2.32. The van der Waals surface area contributed by atoms with Gasteiger partial charge in [-0.3, -0.25) is 0 Å². The van der Waals surface area contributed by atoms with Gasteiger partial charge in [0.25, 0.3) is 0 Å². The third-order valence-corrected chi connectivity index (χ3v) is 13.6. The average molecular weight is 826 g/mol. The van der Waals surface area contributed by atoms with Gasteiger partial charge in [-0.1, -0.05) is 201 Å². The Morgan fingerprint density at radius 2 is 0.790 bits per heavy atom. The minimum absolute atomic E-state index is 0.0413. The summed E-state index contributed by atoms with van der Waals surface area (Å²) in [5, 5.41) is 0. The molecular formula is C59H75N3. The van der Waals surface area contributed by atoms with Crippen LogP contribution in [0, 0.1) is 0 Å². The van der Waals surface area contributed by atoms with Crippen molar-refractivity contribution in [2.75, 3.05) is 4.90 Å². The number of hydrogen-bond donors (Lipinski definition) is 0. The first-order valence-electron chi connectivity index (χ1n) is 23.9. The van der Waals surface area contributed by atoms with E-state index in [2.05, 4.69) is 222 Å². The molecule has 0 bridgehead atoms. The Bertz CT molecular complexity index is 2220. The summed E-state index contributed by atoms with van der Waals surface area (Å²) in [6.07, 6.45) is 8.45. The van der Waals surface area contributed by atoms with E-state index in [9.17, 15) is 0 Å². The maximum absolute atomic E-state index is 4.30. The predicted molar refractivity (Wildman–Crippen MR) is 266 cm³/mol. The Morgan fingerprint density at radius 3 is 1.19 bits per heavy atom. The molecule has 2 aliphatic heterocycles. The van der Waals surface area contributed by atoms with Gasteiger partial charge in [0.15, 0.2) is 0 Å². The molecule has 1 unspecified atom stereocenters. The van der Waals surface area contributed by atoms with Crippen LogP contribution in [-0.2, 0) is 13.1 Å². The molecule has 3 nitrogen and oxygen atoms in total. The summed E-state index contributed by atoms with van der Waals surface area (Å²) < 4.78 is 5.02. The van der Waals surface area contributed by atoms with Crippen molar-refractivity contribution in [3.63, 3.8) is 0 Å². The fourth-order valence-corrected chi connectivity index (χ4v) is 10.3. The molecule has 0 aliphatic carbocycles. The van der Waals surface area contributed by atoms with Crippen LogP contribution >= 0.6 is 0 Å². The molecule has 0 saturated heterocycles. The second-order valence-corrected chi connectivity index (χ2v) is 20.8. The summed E-state index contributed by atoms with van der Waals surface area (Å²) in [6, 6.07) is 33.1. The highest BCUT2D eigenvalue weighted by atomic mass is 15.2. The third-order valence-electron chi connectivity index (χ3n) is 13.6. The van der Waals surface area contributed by atoms with Crippen molar-refractivity contribution in [1.82, 2.24) is 0 Å². The highest BCUT2D eigenvalue weighted by Crippen LogP contribution is 2.48. The van der Waals surface area contributed by atoms with Gasteiger partial charge in [0.2, 0.25) is 6.34 Å². The van der Waals surface area contributed by atoms with Gasteiger partial charge in [0.1, 0.15) is 6.54 Å². The monoisotopic (exact) mass is 826 g/mol. The van der Waals surface area contributed by atoms with Crippen molar-refractivity contribution in [2.45, 2.75) is 177 Å². The number of benzene rings is 5. The zero-order valence-electron chi connectivity index (χ0n) is 41.0. The maximum Gasteiger partial charge on any atom is 0.245 e. The van der Waals surface area contributed by atoms with E-state index in [-0.39, 0.29) is 5.92 Å². The third kappa shape index (κ3) is 8.38. The van der Waals surface area contributed by atoms with Crippen molar-refractivity contribution in [3.05, 3.63) is 152 Å². The van der Waals surface area contributed by atoms with Crippen LogP contribution in [0.2, 0.25) is 0 Å². The van der Waals surface area contributed by atoms with E-state index >= 15 is 0 Å². The number of anilines is 2. The first kappa shape index (κ1) is 45.3. The Balaban J connectivity index is 1.60. The van der Waals surface area contributed by atoms with Gasteiger partial charge in [0.05, 0.1) is 29.3 Å². The molecule has 5 aromatic rings. The standard InChI is InChI=1S/C59H75N3/c1-35(2)45-21-17-22-46(36(3)4)56(45)54-33-60(57-47(37(5)6)23-18-24-48(57)38(7)8)31-43-30-55-44(29-53(43)54)32-61(58-49(39(9)10)25-19-26-50(58)40(11)12)34-62(55)59-51(41(13)14)27-20-28-52(59)42(15)16/h17-30,35-42,54H,31-32H2,1-16H3. The number of rotatable bonds is 12. The van der Waals surface area contributed by atoms with E-state index in [1.165, 1.54) is 89.5 Å². The van der Waals surface area contributed by atoms with Crippen molar-refractivity contribution in [2.24, 2.45) is 0 Å². The van der Waals surface area contributed by atoms with E-state index in [1.54, 1.807) is 0 Å². The van der Waals surface area contributed by atoms with Gasteiger partial charge < -0.3 is 14.1 Å². The summed E-state index contributed by atoms with van der Waals surface area (Å²) in [5.74, 6) is 2.85. The van der Waals surface area contributed by atoms with Crippen LogP contribution in [0.25, 0.3) is 0 Å². The van der Waals surface area contributed by atoms with Gasteiger partial charge >= 0.3 is 0 Å². The lowest BCUT2D eigenvalue weighted by atomic mass is 9.76. The molecule has 0 N–H and O–H groups in total. The fraction of sp³-hybridized carbons (Fsp3) is 0.458. The van der Waals surface area contributed by atoms with E-state index in [1.807, 2.05) is 0 Å². The van der Waals surface area contributed by atoms with Crippen molar-refractivity contribution >= 4 is 35.3 Å². The summed E-state index contributed by atoms with van der Waals surface area (Å²) in [7, 11) is 0. The minimum Gasteiger partial charge on any atom is -0.359 e. The molecule has 0 spiro atoms. The van der Waals surface area contributed by atoms with E-state index in [4.69, 9.17) is 0 Å². The largest absolute Gasteiger partial charge is 0.359 e. The lowest BCUT2D eigenvalue weighted by Gasteiger charge is -2.38. The van der Waals surface area contributed by atoms with Crippen LogP contribution < -0.4 is 4.90 Å². The van der Waals surface area contributed by atoms with Gasteiger partial charge in [0, 0.05) is 17.7 Å². The molecule has 5 aromatic carbocycles. The number of para-hydroxylation sites is 3. The summed E-state index contributed by atoms with van der Waals surface area (Å²) in [4.78, 5) is 2.48. The topological polar surface area (TPSA) is 9.26 Å². The molecule has 3 heteroatoms. The smallest absolute Gasteiger partial charge is 0.245 e. The lowest BCUT2D eigenvalue weighted by molar-refractivity contribution is -0.458. The van der Waals surface area contributed by atoms with E-state index in [0.717, 1.165) is 13.1 Å². The average Bonchev–Trinajstić information content (AvgIpc) is 3.23. The summed E-state index contributed by atoms with van der Waals surface area (Å²) in [5.41, 5.74) is 21.8. The molecule has 1 atom stereocenters. The van der Waals surface area contributed by atoms with Crippen LogP contribution in [0.15, 0.2) is 84.9 Å². The molecule has 2 aliphatic rings. The van der Waals surface area contributed by atoms with Crippen LogP contribution in [0.4, 0.5) is 22.7 Å². The van der Waals surface area contributed by atoms with E-state index < -0.39 is 0 Å². The fourth-order valence-electron chi connectivity index (χ4n) is 10.3. The van der Waals surface area contributed by atoms with Crippen LogP contribution in [-0.4, -0.2) is 21.7 Å². The predicted octanol–water partition coefficient (Wildman–Crippen LogP) is 16.5. The first-order valence-corrected chi connectivity index (χ1v) is 23.9. The molecule has 62 heavy (non-hydrogen) atoms. The molecule has 7 rings (SSSR count). The quantitative estimate of drug-likeness (QED) is 0.0899. The van der Waals surface area contributed by atoms with Crippen molar-refractivity contribution < 1.29 is 9.15 Å². The van der Waals surface area contributed by atoms with Crippen LogP contribution in [0.1, 0.15) is 231 Å². The van der Waals surface area contributed by atoms with E-state index in [0.29, 0.717) is 47.3 Å². The molecule has 2 heterocycles. The molecule has 0 fully saturated rings. The minimum atomic E-state index is -0.0413. The molecule has 0 saturated carbocycles. The van der Waals surface area contributed by atoms with Crippen molar-refractivity contribution in [1.29, 1.82) is 0 Å². The second kappa shape index (κ2) is 18.1. The normalized spacial score (nSPS) is 15.5. The Hall–Kier alpha value is -4.76. The second-order valence-electron chi connectivity index (χ2n) is 20.8. The number of nitrogens with zero attached hydrogens (tertiary/aromatic N) is 3. The Kier molecular flexibility index (Phi) is 13.3. The first-order chi connectivity index (χ1) is 29.4. The maximum atomic E-state index is 4.30. The SMILES string of the molecule is CC(C)c1cccc(C(C)C)c1C1[C-]=[N+](c2c(C(C)C)cccc2C(C)C)Cc2cc3c(cc21)C[N+](c1c(C(C)C)cccc1C(C)C)=[C-]N3c1c(C(C)C)cccc1C(C)C. The van der Waals surface area contributed by atoms with Gasteiger partial charge in [-0.15, -0.1) is 0 Å². The van der Waals surface area contributed by atoms with Crippen LogP contribution in [0.3, 0.4) is 0 Å². The Morgan fingerprint density at radius 1 is 0.435 bits per heavy atom. The highest BCUT2D eigenvalue weighted by Gasteiger charge is 2.34. The van der Waals surface area contributed by atoms with Crippen LogP contribution in [0.5, 0.6) is 0 Å².